The Labute approximate surface area is 279 Å². The molecule has 0 atom stereocenters. The molecule has 0 unspecified atom stereocenters. The number of piperidine rings is 1. The van der Waals surface area contributed by atoms with Gasteiger partial charge in [0.2, 0.25) is 0 Å². The van der Waals surface area contributed by atoms with Crippen LogP contribution in [-0.2, 0) is 6.54 Å². The number of likely N-dealkylation sites (tertiary alicyclic amines) is 1. The van der Waals surface area contributed by atoms with Crippen molar-refractivity contribution in [1.82, 2.24) is 24.4 Å². The van der Waals surface area contributed by atoms with E-state index in [4.69, 9.17) is 11.6 Å². The van der Waals surface area contributed by atoms with Gasteiger partial charge in [-0.05, 0) is 56.9 Å². The Morgan fingerprint density at radius 2 is 1.96 bits per heavy atom. The standard InChI is InChI=1S/C35H30ClN7O3S/c1-20-40-29-18-39-33(41(2)23-10-14-42(15-11-23)24-7-8-24)27(17-37)30(29)34(44)43(20)13-3-4-21-5-6-22(36)16-26(21)25-9-12-38-31-28(35(45)46)19-47-32(25)31/h5-6,9,12,16,18-19,23-24H,7-8,10-11,13-15H2,1-2H3,(H,45,46). The number of aryl methyl sites for hydroxylation is 1. The first-order chi connectivity index (χ1) is 22.7. The fourth-order valence-corrected chi connectivity index (χ4v) is 7.68. The molecule has 1 N–H and O–H groups in total. The van der Waals surface area contributed by atoms with Crippen molar-refractivity contribution in [3.05, 3.63) is 79.9 Å². The van der Waals surface area contributed by atoms with Gasteiger partial charge in [-0.15, -0.1) is 11.3 Å². The molecule has 0 bridgehead atoms. The van der Waals surface area contributed by atoms with E-state index in [1.54, 1.807) is 42.9 Å². The maximum absolute atomic E-state index is 14.0. The van der Waals surface area contributed by atoms with Gasteiger partial charge in [0, 0.05) is 65.5 Å². The molecule has 5 aromatic rings. The highest BCUT2D eigenvalue weighted by Crippen LogP contribution is 2.37. The number of benzene rings is 1. The van der Waals surface area contributed by atoms with Gasteiger partial charge in [0.15, 0.2) is 0 Å². The Bertz CT molecular complexity index is 2230. The number of thiophene rings is 1. The molecular formula is C35H30ClN7O3S. The number of aromatic nitrogens is 4. The van der Waals surface area contributed by atoms with Crippen molar-refractivity contribution in [3.8, 4) is 29.0 Å². The summed E-state index contributed by atoms with van der Waals surface area (Å²) in [6.45, 7) is 3.83. The van der Waals surface area contributed by atoms with Crippen molar-refractivity contribution in [1.29, 1.82) is 5.26 Å². The lowest BCUT2D eigenvalue weighted by molar-refractivity contribution is 0.0699. The van der Waals surface area contributed by atoms with Crippen molar-refractivity contribution >= 4 is 55.8 Å². The first-order valence-corrected chi connectivity index (χ1v) is 16.7. The number of halogens is 1. The number of hydrogen-bond donors (Lipinski definition) is 1. The smallest absolute Gasteiger partial charge is 0.338 e. The summed E-state index contributed by atoms with van der Waals surface area (Å²) in [4.78, 5) is 43.8. The van der Waals surface area contributed by atoms with E-state index in [1.165, 1.54) is 28.7 Å². The first-order valence-electron chi connectivity index (χ1n) is 15.4. The number of aromatic carboxylic acids is 1. The Morgan fingerprint density at radius 3 is 2.68 bits per heavy atom. The third-order valence-corrected chi connectivity index (χ3v) is 10.4. The third kappa shape index (κ3) is 5.72. The molecule has 10 nitrogen and oxygen atoms in total. The van der Waals surface area contributed by atoms with E-state index >= 15 is 0 Å². The number of carboxylic acids is 1. The van der Waals surface area contributed by atoms with E-state index in [0.717, 1.165) is 43.1 Å². The van der Waals surface area contributed by atoms with Gasteiger partial charge in [-0.3, -0.25) is 14.3 Å². The number of rotatable bonds is 6. The summed E-state index contributed by atoms with van der Waals surface area (Å²) in [7, 11) is 1.96. The summed E-state index contributed by atoms with van der Waals surface area (Å²) in [6, 6.07) is 10.4. The number of pyridine rings is 2. The Balaban J connectivity index is 1.22. The van der Waals surface area contributed by atoms with Crippen LogP contribution in [0.3, 0.4) is 0 Å². The van der Waals surface area contributed by atoms with Gasteiger partial charge in [0.05, 0.1) is 39.4 Å². The Hall–Kier alpha value is -4.81. The summed E-state index contributed by atoms with van der Waals surface area (Å²) >= 11 is 7.69. The molecule has 12 heteroatoms. The van der Waals surface area contributed by atoms with Crippen LogP contribution < -0.4 is 10.5 Å². The van der Waals surface area contributed by atoms with Crippen molar-refractivity contribution in [2.75, 3.05) is 25.0 Å². The molecule has 1 aromatic carbocycles. The number of nitrogens with zero attached hydrogens (tertiary/aromatic N) is 7. The number of nitriles is 1. The van der Waals surface area contributed by atoms with Crippen LogP contribution in [0.25, 0.3) is 32.2 Å². The third-order valence-electron chi connectivity index (χ3n) is 9.14. The molecule has 236 valence electrons. The Kier molecular flexibility index (Phi) is 8.15. The highest BCUT2D eigenvalue weighted by molar-refractivity contribution is 7.18. The number of hydrogen-bond acceptors (Lipinski definition) is 9. The molecule has 0 radical (unpaired) electrons. The SMILES string of the molecule is Cc1nc2cnc(N(C)C3CCN(C4CC4)CC3)c(C#N)c2c(=O)n1CC#Cc1ccc(Cl)cc1-c1ccnc2c(C(=O)O)csc12. The lowest BCUT2D eigenvalue weighted by Gasteiger charge is -2.37. The maximum atomic E-state index is 14.0. The number of fused-ring (bicyclic) bond motifs is 2. The second kappa shape index (κ2) is 12.4. The molecule has 1 aliphatic carbocycles. The zero-order chi connectivity index (χ0) is 32.8. The van der Waals surface area contributed by atoms with Gasteiger partial charge in [-0.25, -0.2) is 14.8 Å². The first kappa shape index (κ1) is 30.8. The van der Waals surface area contributed by atoms with Gasteiger partial charge in [0.1, 0.15) is 23.3 Å². The molecule has 47 heavy (non-hydrogen) atoms. The van der Waals surface area contributed by atoms with Gasteiger partial charge >= 0.3 is 5.97 Å². The van der Waals surface area contributed by atoms with Crippen LogP contribution >= 0.6 is 22.9 Å². The van der Waals surface area contributed by atoms with Crippen molar-refractivity contribution in [2.24, 2.45) is 0 Å². The minimum absolute atomic E-state index is 0.0432. The molecule has 1 aliphatic heterocycles. The molecule has 2 fully saturated rings. The van der Waals surface area contributed by atoms with E-state index in [2.05, 4.69) is 42.7 Å². The highest BCUT2D eigenvalue weighted by Gasteiger charge is 2.33. The maximum Gasteiger partial charge on any atom is 0.338 e. The molecular weight excluding hydrogens is 634 g/mol. The quantitative estimate of drug-likeness (QED) is 0.227. The van der Waals surface area contributed by atoms with Gasteiger partial charge in [-0.2, -0.15) is 5.26 Å². The molecule has 0 spiro atoms. The monoisotopic (exact) mass is 663 g/mol. The second-order valence-electron chi connectivity index (χ2n) is 12.0. The van der Waals surface area contributed by atoms with Gasteiger partial charge in [-0.1, -0.05) is 23.4 Å². The summed E-state index contributed by atoms with van der Waals surface area (Å²) in [5, 5.41) is 22.2. The lowest BCUT2D eigenvalue weighted by atomic mass is 10.00. The second-order valence-corrected chi connectivity index (χ2v) is 13.3. The normalized spacial score (nSPS) is 15.4. The van der Waals surface area contributed by atoms with Crippen LogP contribution in [0, 0.1) is 30.1 Å². The largest absolute Gasteiger partial charge is 0.478 e. The molecule has 2 aliphatic rings. The lowest BCUT2D eigenvalue weighted by Crippen LogP contribution is -2.44. The molecule has 5 heterocycles. The number of anilines is 1. The average Bonchev–Trinajstić information content (AvgIpc) is 3.83. The van der Waals surface area contributed by atoms with E-state index in [0.29, 0.717) is 38.0 Å². The van der Waals surface area contributed by atoms with Crippen LogP contribution in [0.2, 0.25) is 5.02 Å². The predicted molar refractivity (Wildman–Crippen MR) is 183 cm³/mol. The highest BCUT2D eigenvalue weighted by atomic mass is 35.5. The molecule has 1 saturated carbocycles. The van der Waals surface area contributed by atoms with Gasteiger partial charge in [0.25, 0.3) is 5.56 Å². The van der Waals surface area contributed by atoms with E-state index in [-0.39, 0.29) is 34.7 Å². The molecule has 0 amide bonds. The van der Waals surface area contributed by atoms with E-state index in [9.17, 15) is 20.0 Å². The fourth-order valence-electron chi connectivity index (χ4n) is 6.48. The van der Waals surface area contributed by atoms with E-state index < -0.39 is 5.97 Å². The molecule has 7 rings (SSSR count). The number of carboxylic acid groups (broad SMARTS) is 1. The van der Waals surface area contributed by atoms with Crippen LogP contribution in [0.15, 0.2) is 46.8 Å². The average molecular weight is 664 g/mol. The summed E-state index contributed by atoms with van der Waals surface area (Å²) < 4.78 is 2.19. The van der Waals surface area contributed by atoms with Crippen molar-refractivity contribution in [2.45, 2.75) is 51.2 Å². The van der Waals surface area contributed by atoms with Crippen molar-refractivity contribution < 1.29 is 9.90 Å². The van der Waals surface area contributed by atoms with Crippen LogP contribution in [-0.4, -0.2) is 67.7 Å². The van der Waals surface area contributed by atoms with Crippen molar-refractivity contribution in [3.63, 3.8) is 0 Å². The number of carbonyl (C=O) groups is 1. The zero-order valence-corrected chi connectivity index (χ0v) is 27.4. The van der Waals surface area contributed by atoms with Gasteiger partial charge < -0.3 is 14.9 Å². The summed E-state index contributed by atoms with van der Waals surface area (Å²) in [6.07, 6.45) is 7.69. The topological polar surface area (TPSA) is 128 Å². The minimum atomic E-state index is -1.04. The molecule has 4 aromatic heterocycles. The fraction of sp³-hybridized carbons (Fsp3) is 0.314. The van der Waals surface area contributed by atoms with Crippen LogP contribution in [0.5, 0.6) is 0 Å². The molecule has 1 saturated heterocycles. The van der Waals surface area contributed by atoms with Crippen LogP contribution in [0.1, 0.15) is 53.0 Å². The Morgan fingerprint density at radius 1 is 1.17 bits per heavy atom. The predicted octanol–water partition coefficient (Wildman–Crippen LogP) is 5.71. The summed E-state index contributed by atoms with van der Waals surface area (Å²) in [5.74, 6) is 6.22. The zero-order valence-electron chi connectivity index (χ0n) is 25.8. The summed E-state index contributed by atoms with van der Waals surface area (Å²) in [5.41, 5.74) is 2.96. The van der Waals surface area contributed by atoms with E-state index in [1.807, 2.05) is 13.1 Å². The minimum Gasteiger partial charge on any atom is -0.478 e. The van der Waals surface area contributed by atoms with Crippen LogP contribution in [0.4, 0.5) is 5.82 Å².